The van der Waals surface area contributed by atoms with Gasteiger partial charge in [0, 0.05) is 24.2 Å². The molecule has 0 bridgehead atoms. The van der Waals surface area contributed by atoms with Crippen molar-refractivity contribution in [1.82, 2.24) is 0 Å². The molecule has 0 aromatic rings. The maximum Gasteiger partial charge on any atom is 0.187 e. The molecule has 17 N–H and O–H groups in total. The number of hydrogen-bond acceptors (Lipinski definition) is 29. The van der Waals surface area contributed by atoms with Crippen LogP contribution in [-0.4, -0.2) is 297 Å². The van der Waals surface area contributed by atoms with E-state index in [1.807, 2.05) is 13.8 Å². The lowest BCUT2D eigenvalue weighted by molar-refractivity contribution is -0.379. The van der Waals surface area contributed by atoms with Gasteiger partial charge in [-0.2, -0.15) is 0 Å². The molecule has 29 heteroatoms. The third-order valence-corrected chi connectivity index (χ3v) is 22.3. The molecule has 0 spiro atoms. The van der Waals surface area contributed by atoms with Crippen LogP contribution in [0.5, 0.6) is 0 Å². The standard InChI is InChI=1S/C60H98O29/c1-24(8-12-37(57(4,5)79)88-55-50(89-54-49(78)44(73)40(69)31(20-63)84-54)46(75)42(71)33(86-55)22-80-51-38(67)29(65)16-25(18-61)82-51)26-14-15-58(6)34-11-9-27-28(60(34,23-64)35(66)17-59(26,58)7)10-13-36(56(27,2)3)87-53-48(77)45(74)41(70)32(85-53)21-81-52-47(76)43(72)39(68)30(19-62)83-52/h9,23-26,28-34,36-55,61-63,65,67-79H,8,10-22H2,1-7H3/t24-,25+,26-,28-,29+,30-,31-,32-,33-,34+,36+,37-,38-,39-,40-,41-,42-,43+,44+,45+,46+,47-,48-,49-,50-,51-,52-,53+,54+,55+,58+,59-,60+/m1/s1. The van der Waals surface area contributed by atoms with Crippen molar-refractivity contribution in [1.29, 1.82) is 0 Å². The number of fused-ring (bicyclic) bond motifs is 5. The summed E-state index contributed by atoms with van der Waals surface area (Å²) >= 11 is 0. The molecule has 0 radical (unpaired) electrons. The van der Waals surface area contributed by atoms with Crippen molar-refractivity contribution in [2.24, 2.45) is 45.3 Å². The van der Waals surface area contributed by atoms with Crippen LogP contribution in [0.1, 0.15) is 106 Å². The van der Waals surface area contributed by atoms with Gasteiger partial charge in [-0.05, 0) is 87.4 Å². The molecule has 5 saturated heterocycles. The summed E-state index contributed by atoms with van der Waals surface area (Å²) in [5.41, 5.74) is -4.31. The van der Waals surface area contributed by atoms with Crippen LogP contribution in [0, 0.1) is 45.3 Å². The predicted molar refractivity (Wildman–Crippen MR) is 298 cm³/mol. The average Bonchev–Trinajstić information content (AvgIpc) is 1.66. The fourth-order valence-electron chi connectivity index (χ4n) is 16.6. The topological polar surface area (TPSA) is 470 Å². The van der Waals surface area contributed by atoms with Gasteiger partial charge in [0.1, 0.15) is 116 Å². The van der Waals surface area contributed by atoms with Crippen molar-refractivity contribution in [2.75, 3.05) is 33.0 Å². The first-order valence-electron chi connectivity index (χ1n) is 31.3. The number of rotatable bonds is 21. The highest BCUT2D eigenvalue weighted by atomic mass is 16.8. The van der Waals surface area contributed by atoms with Crippen LogP contribution in [0.25, 0.3) is 0 Å². The monoisotopic (exact) mass is 1280 g/mol. The first-order chi connectivity index (χ1) is 41.7. The molecule has 33 atom stereocenters. The highest BCUT2D eigenvalue weighted by Crippen LogP contribution is 2.74. The Morgan fingerprint density at radius 3 is 1.69 bits per heavy atom. The minimum atomic E-state index is -1.95. The minimum absolute atomic E-state index is 0.0807. The Morgan fingerprint density at radius 2 is 1.12 bits per heavy atom. The van der Waals surface area contributed by atoms with Gasteiger partial charge in [0.25, 0.3) is 0 Å². The zero-order chi connectivity index (χ0) is 65.4. The van der Waals surface area contributed by atoms with E-state index in [0.29, 0.717) is 32.1 Å². The van der Waals surface area contributed by atoms with Crippen molar-refractivity contribution in [3.63, 3.8) is 0 Å². The van der Waals surface area contributed by atoms with Gasteiger partial charge in [0.05, 0.1) is 68.5 Å². The number of aldehydes is 1. The molecule has 29 nitrogen and oxygen atoms in total. The van der Waals surface area contributed by atoms with Gasteiger partial charge >= 0.3 is 0 Å². The smallest absolute Gasteiger partial charge is 0.187 e. The molecule has 0 amide bonds. The molecule has 512 valence electrons. The van der Waals surface area contributed by atoms with Crippen LogP contribution in [-0.2, 0) is 57.0 Å². The Bertz CT molecular complexity index is 2410. The molecule has 0 aromatic heterocycles. The van der Waals surface area contributed by atoms with E-state index >= 15 is 4.79 Å². The van der Waals surface area contributed by atoms with Crippen molar-refractivity contribution in [3.8, 4) is 0 Å². The van der Waals surface area contributed by atoms with E-state index < -0.39 is 232 Å². The van der Waals surface area contributed by atoms with Gasteiger partial charge in [0.15, 0.2) is 31.5 Å². The fourth-order valence-corrected chi connectivity index (χ4v) is 16.6. The first kappa shape index (κ1) is 71.3. The summed E-state index contributed by atoms with van der Waals surface area (Å²) in [6, 6.07) is 0. The van der Waals surface area contributed by atoms with Crippen LogP contribution in [0.4, 0.5) is 0 Å². The molecule has 5 aliphatic heterocycles. The lowest BCUT2D eigenvalue weighted by Gasteiger charge is -2.64. The number of carbonyl (C=O) groups excluding carboxylic acids is 2. The molecule has 3 saturated carbocycles. The summed E-state index contributed by atoms with van der Waals surface area (Å²) in [6.45, 7) is 9.95. The number of ether oxygens (including phenoxy) is 10. The molecule has 8 fully saturated rings. The Labute approximate surface area is 515 Å². The minimum Gasteiger partial charge on any atom is -0.394 e. The molecule has 9 rings (SSSR count). The van der Waals surface area contributed by atoms with E-state index in [9.17, 15) is 91.6 Å². The summed E-state index contributed by atoms with van der Waals surface area (Å²) in [6.07, 6.45) is -35.2. The first-order valence-corrected chi connectivity index (χ1v) is 31.3. The van der Waals surface area contributed by atoms with Gasteiger partial charge in [-0.15, -0.1) is 0 Å². The van der Waals surface area contributed by atoms with E-state index in [4.69, 9.17) is 47.4 Å². The summed E-state index contributed by atoms with van der Waals surface area (Å²) in [5, 5.41) is 182. The number of aliphatic hydroxyl groups is 17. The number of aliphatic hydroxyl groups excluding tert-OH is 16. The normalized spacial score (nSPS) is 50.1. The predicted octanol–water partition coefficient (Wildman–Crippen LogP) is -4.99. The number of hydrogen-bond donors (Lipinski definition) is 17. The molecule has 0 aromatic carbocycles. The Morgan fingerprint density at radius 1 is 0.607 bits per heavy atom. The van der Waals surface area contributed by atoms with Crippen molar-refractivity contribution < 1.29 is 144 Å². The van der Waals surface area contributed by atoms with Crippen LogP contribution in [0.15, 0.2) is 11.6 Å². The molecule has 4 aliphatic carbocycles. The lowest BCUT2D eigenvalue weighted by Crippen LogP contribution is -2.65. The zero-order valence-electron chi connectivity index (χ0n) is 51.4. The summed E-state index contributed by atoms with van der Waals surface area (Å²) in [5.74, 6) is -1.35. The van der Waals surface area contributed by atoms with Crippen LogP contribution >= 0.6 is 0 Å². The molecule has 9 aliphatic rings. The van der Waals surface area contributed by atoms with E-state index in [0.717, 1.165) is 11.9 Å². The maximum absolute atomic E-state index is 15.4. The van der Waals surface area contributed by atoms with Crippen LogP contribution < -0.4 is 0 Å². The van der Waals surface area contributed by atoms with Gasteiger partial charge in [0.2, 0.25) is 0 Å². The van der Waals surface area contributed by atoms with Crippen molar-refractivity contribution in [3.05, 3.63) is 11.6 Å². The van der Waals surface area contributed by atoms with Gasteiger partial charge in [-0.3, -0.25) is 4.79 Å². The number of Topliss-reactive ketones (excluding diaryl/α,β-unsaturated/α-hetero) is 1. The highest BCUT2D eigenvalue weighted by Gasteiger charge is 2.72. The van der Waals surface area contributed by atoms with E-state index in [2.05, 4.69) is 26.8 Å². The largest absolute Gasteiger partial charge is 0.394 e. The summed E-state index contributed by atoms with van der Waals surface area (Å²) < 4.78 is 59.3. The second-order valence-electron chi connectivity index (χ2n) is 28.2. The third-order valence-electron chi connectivity index (χ3n) is 22.3. The SMILES string of the molecule is C[C@H](CC[C@@H](O[C@@H]1O[C@H](CO[C@@H]2O[C@H](CO)C[C@H](O)[C@H]2O)[C@@H](O)[C@H](O)[C@H]1O[C@@H]1O[C@H](CO)[C@@H](O)[C@H](O)[C@H]1O)C(C)(C)O)[C@H]1CC[C@@]2(C)[C@@H]3CC=C4[C@@H](CC[C@H](O[C@@H]5O[C@H](CO[C@@H]6O[C@H](CO)[C@@H](O)[C@H](O)[C@H]6O)[C@@H](O)[C@H](O)[C@H]5O)C4(C)C)[C@]3(C=O)C(=O)C[C@]12C. The van der Waals surface area contributed by atoms with E-state index in [-0.39, 0.29) is 43.3 Å². The number of carbonyl (C=O) groups is 2. The van der Waals surface area contributed by atoms with Gasteiger partial charge < -0.3 is 139 Å². The van der Waals surface area contributed by atoms with Gasteiger partial charge in [-0.25, -0.2) is 0 Å². The van der Waals surface area contributed by atoms with Gasteiger partial charge in [-0.1, -0.05) is 46.3 Å². The van der Waals surface area contributed by atoms with Crippen LogP contribution in [0.3, 0.4) is 0 Å². The molecular weight excluding hydrogens is 1180 g/mol. The maximum atomic E-state index is 15.4. The molecular formula is C60H98O29. The summed E-state index contributed by atoms with van der Waals surface area (Å²) in [4.78, 5) is 29.4. The van der Waals surface area contributed by atoms with Crippen molar-refractivity contribution in [2.45, 2.75) is 271 Å². The number of allylic oxidation sites excluding steroid dienone is 1. The molecule has 89 heavy (non-hydrogen) atoms. The fraction of sp³-hybridized carbons (Fsp3) is 0.933. The quantitative estimate of drug-likeness (QED) is 0.0291. The van der Waals surface area contributed by atoms with E-state index in [1.54, 1.807) is 0 Å². The average molecular weight is 1280 g/mol. The second-order valence-corrected chi connectivity index (χ2v) is 28.2. The van der Waals surface area contributed by atoms with Crippen molar-refractivity contribution >= 4 is 12.1 Å². The third kappa shape index (κ3) is 13.0. The second kappa shape index (κ2) is 27.6. The van der Waals surface area contributed by atoms with Crippen LogP contribution in [0.2, 0.25) is 0 Å². The summed E-state index contributed by atoms with van der Waals surface area (Å²) in [7, 11) is 0. The Hall–Kier alpha value is -2.00. The Kier molecular flexibility index (Phi) is 22.1. The van der Waals surface area contributed by atoms with E-state index in [1.165, 1.54) is 13.8 Å². The highest BCUT2D eigenvalue weighted by molar-refractivity contribution is 6.01. The lowest BCUT2D eigenvalue weighted by atomic mass is 9.38. The number of ketones is 1. The molecule has 5 heterocycles. The molecule has 0 unspecified atom stereocenters. The zero-order valence-corrected chi connectivity index (χ0v) is 51.4. The Balaban J connectivity index is 0.893.